The molecule has 2 aromatic heterocycles. The second-order valence-electron chi connectivity index (χ2n) is 7.90. The Balaban J connectivity index is 1.32. The maximum Gasteiger partial charge on any atom is 0.140 e. The fourth-order valence-corrected chi connectivity index (χ4v) is 3.92. The van der Waals surface area contributed by atoms with Crippen molar-refractivity contribution >= 4 is 16.9 Å². The van der Waals surface area contributed by atoms with Gasteiger partial charge in [-0.15, -0.1) is 0 Å². The number of aromatic nitrogens is 3. The van der Waals surface area contributed by atoms with Gasteiger partial charge >= 0.3 is 0 Å². The molecule has 3 aromatic rings. The number of rotatable bonds is 6. The number of piperidine rings is 1. The Kier molecular flexibility index (Phi) is 5.57. The number of benzene rings is 1. The third-order valence-electron chi connectivity index (χ3n) is 5.81. The van der Waals surface area contributed by atoms with Crippen molar-refractivity contribution in [3.8, 4) is 11.4 Å². The van der Waals surface area contributed by atoms with Gasteiger partial charge in [0, 0.05) is 23.9 Å². The van der Waals surface area contributed by atoms with Gasteiger partial charge in [-0.3, -0.25) is 0 Å². The number of aryl methyl sites for hydroxylation is 1. The summed E-state index contributed by atoms with van der Waals surface area (Å²) in [5, 5.41) is 3.41. The molecule has 1 aliphatic rings. The summed E-state index contributed by atoms with van der Waals surface area (Å²) in [4.78, 5) is 14.7. The Bertz CT molecular complexity index is 926. The summed E-state index contributed by atoms with van der Waals surface area (Å²) in [6.07, 6.45) is 6.91. The van der Waals surface area contributed by atoms with E-state index < -0.39 is 0 Å². The zero-order valence-electron chi connectivity index (χ0n) is 16.6. The van der Waals surface area contributed by atoms with E-state index in [1.165, 1.54) is 44.8 Å². The van der Waals surface area contributed by atoms with Crippen LogP contribution in [0.15, 0.2) is 30.5 Å². The van der Waals surface area contributed by atoms with Gasteiger partial charge in [-0.25, -0.2) is 14.4 Å². The van der Waals surface area contributed by atoms with E-state index in [0.717, 1.165) is 29.4 Å². The highest BCUT2D eigenvalue weighted by Crippen LogP contribution is 2.24. The average molecular weight is 381 g/mol. The summed E-state index contributed by atoms with van der Waals surface area (Å²) in [7, 11) is 2.21. The molecule has 0 radical (unpaired) electrons. The predicted molar refractivity (Wildman–Crippen MR) is 112 cm³/mol. The maximum atomic E-state index is 13.7. The highest BCUT2D eigenvalue weighted by atomic mass is 19.1. The molecule has 1 fully saturated rings. The number of nitrogens with one attached hydrogen (secondary N) is 2. The number of fused-ring (bicyclic) bond motifs is 1. The van der Waals surface area contributed by atoms with Crippen LogP contribution in [-0.4, -0.2) is 46.5 Å². The average Bonchev–Trinajstić information content (AvgIpc) is 3.15. The van der Waals surface area contributed by atoms with Gasteiger partial charge < -0.3 is 15.2 Å². The molecule has 1 saturated heterocycles. The third kappa shape index (κ3) is 4.17. The third-order valence-corrected chi connectivity index (χ3v) is 5.81. The molecule has 1 aliphatic heterocycles. The first kappa shape index (κ1) is 18.9. The Morgan fingerprint density at radius 2 is 2.04 bits per heavy atom. The van der Waals surface area contributed by atoms with Crippen molar-refractivity contribution < 1.29 is 4.39 Å². The van der Waals surface area contributed by atoms with Gasteiger partial charge in [0.1, 0.15) is 17.5 Å². The van der Waals surface area contributed by atoms with Crippen LogP contribution in [0.1, 0.15) is 31.2 Å². The number of hydrogen-bond donors (Lipinski definition) is 2. The van der Waals surface area contributed by atoms with Crippen molar-refractivity contribution in [1.82, 2.24) is 19.9 Å². The number of anilines is 1. The topological polar surface area (TPSA) is 56.8 Å². The van der Waals surface area contributed by atoms with Gasteiger partial charge in [0.25, 0.3) is 0 Å². The first-order valence-corrected chi connectivity index (χ1v) is 10.1. The molecule has 0 spiro atoms. The summed E-state index contributed by atoms with van der Waals surface area (Å²) < 4.78 is 13.7. The Morgan fingerprint density at radius 1 is 1.21 bits per heavy atom. The molecule has 0 unspecified atom stereocenters. The van der Waals surface area contributed by atoms with Crippen molar-refractivity contribution in [3.05, 3.63) is 41.8 Å². The highest BCUT2D eigenvalue weighted by Gasteiger charge is 2.16. The van der Waals surface area contributed by atoms with Crippen LogP contribution in [0.25, 0.3) is 22.4 Å². The largest absolute Gasteiger partial charge is 0.370 e. The number of pyridine rings is 1. The fraction of sp³-hybridized carbons (Fsp3) is 0.455. The quantitative estimate of drug-likeness (QED) is 0.613. The Labute approximate surface area is 165 Å². The maximum absolute atomic E-state index is 13.7. The zero-order chi connectivity index (χ0) is 19.5. The van der Waals surface area contributed by atoms with E-state index in [1.54, 1.807) is 13.0 Å². The van der Waals surface area contributed by atoms with Gasteiger partial charge in [0.15, 0.2) is 0 Å². The molecule has 148 valence electrons. The zero-order valence-corrected chi connectivity index (χ0v) is 16.6. The van der Waals surface area contributed by atoms with Gasteiger partial charge in [0.05, 0.1) is 11.0 Å². The SMILES string of the molecule is Cc1c(F)ccc2[nH]c(-c3ccc(NCCCC4CCN(C)CC4)nc3)nc12. The van der Waals surface area contributed by atoms with E-state index in [1.807, 2.05) is 18.3 Å². The van der Waals surface area contributed by atoms with Gasteiger partial charge in [-0.2, -0.15) is 0 Å². The van der Waals surface area contributed by atoms with Crippen molar-refractivity contribution in [3.63, 3.8) is 0 Å². The number of H-pyrrole nitrogens is 1. The fourth-order valence-electron chi connectivity index (χ4n) is 3.92. The first-order valence-electron chi connectivity index (χ1n) is 10.1. The van der Waals surface area contributed by atoms with Crippen molar-refractivity contribution in [2.24, 2.45) is 5.92 Å². The normalized spacial score (nSPS) is 16.0. The molecule has 0 saturated carbocycles. The van der Waals surface area contributed by atoms with Gasteiger partial charge in [0.2, 0.25) is 0 Å². The molecule has 4 rings (SSSR count). The Hall–Kier alpha value is -2.47. The number of imidazole rings is 1. The molecular weight excluding hydrogens is 353 g/mol. The number of aromatic amines is 1. The van der Waals surface area contributed by atoms with Crippen LogP contribution in [0, 0.1) is 18.7 Å². The van der Waals surface area contributed by atoms with E-state index in [0.29, 0.717) is 16.9 Å². The predicted octanol–water partition coefficient (Wildman–Crippen LogP) is 4.61. The van der Waals surface area contributed by atoms with Crippen molar-refractivity contribution in [2.75, 3.05) is 32.0 Å². The standard InChI is InChI=1S/C22H28FN5/c1-15-18(23)6-7-19-21(15)27-22(26-19)17-5-8-20(25-14-17)24-11-3-4-16-9-12-28(2)13-10-16/h5-8,14,16H,3-4,9-13H2,1-2H3,(H,24,25)(H,26,27). The number of likely N-dealkylation sites (tertiary alicyclic amines) is 1. The molecule has 1 aromatic carbocycles. The minimum atomic E-state index is -0.233. The Morgan fingerprint density at radius 3 is 2.79 bits per heavy atom. The van der Waals surface area contributed by atoms with Crippen LogP contribution in [0.5, 0.6) is 0 Å². The van der Waals surface area contributed by atoms with Crippen LogP contribution in [-0.2, 0) is 0 Å². The van der Waals surface area contributed by atoms with Crippen LogP contribution in [0.2, 0.25) is 0 Å². The van der Waals surface area contributed by atoms with Crippen LogP contribution in [0.3, 0.4) is 0 Å². The lowest BCUT2D eigenvalue weighted by Crippen LogP contribution is -2.30. The molecule has 6 heteroatoms. The second kappa shape index (κ2) is 8.27. The second-order valence-corrected chi connectivity index (χ2v) is 7.90. The summed E-state index contributed by atoms with van der Waals surface area (Å²) >= 11 is 0. The van der Waals surface area contributed by atoms with Crippen molar-refractivity contribution in [1.29, 1.82) is 0 Å². The van der Waals surface area contributed by atoms with Gasteiger partial charge in [-0.1, -0.05) is 0 Å². The molecule has 2 N–H and O–H groups in total. The lowest BCUT2D eigenvalue weighted by Gasteiger charge is -2.28. The van der Waals surface area contributed by atoms with E-state index >= 15 is 0 Å². The molecule has 0 aliphatic carbocycles. The molecule has 0 bridgehead atoms. The van der Waals surface area contributed by atoms with Crippen LogP contribution < -0.4 is 5.32 Å². The molecule has 0 amide bonds. The van der Waals surface area contributed by atoms with Crippen molar-refractivity contribution in [2.45, 2.75) is 32.6 Å². The summed E-state index contributed by atoms with van der Waals surface area (Å²) in [6, 6.07) is 7.17. The summed E-state index contributed by atoms with van der Waals surface area (Å²) in [6.45, 7) is 5.16. The molecule has 28 heavy (non-hydrogen) atoms. The summed E-state index contributed by atoms with van der Waals surface area (Å²) in [5.41, 5.74) is 2.97. The minimum Gasteiger partial charge on any atom is -0.370 e. The molecule has 0 atom stereocenters. The lowest BCUT2D eigenvalue weighted by atomic mass is 9.92. The molecule has 5 nitrogen and oxygen atoms in total. The summed E-state index contributed by atoms with van der Waals surface area (Å²) in [5.74, 6) is 2.23. The van der Waals surface area contributed by atoms with Crippen LogP contribution >= 0.6 is 0 Å². The number of halogens is 1. The number of hydrogen-bond acceptors (Lipinski definition) is 4. The highest BCUT2D eigenvalue weighted by molar-refractivity contribution is 5.82. The van der Waals surface area contributed by atoms with Gasteiger partial charge in [-0.05, 0) is 82.9 Å². The monoisotopic (exact) mass is 381 g/mol. The van der Waals surface area contributed by atoms with Crippen LogP contribution in [0.4, 0.5) is 10.2 Å². The first-order chi connectivity index (χ1) is 13.6. The lowest BCUT2D eigenvalue weighted by molar-refractivity contribution is 0.211. The number of nitrogens with zero attached hydrogens (tertiary/aromatic N) is 3. The van der Waals surface area contributed by atoms with E-state index in [2.05, 4.69) is 32.2 Å². The minimum absolute atomic E-state index is 0.233. The van der Waals surface area contributed by atoms with E-state index in [9.17, 15) is 4.39 Å². The van der Waals surface area contributed by atoms with E-state index in [4.69, 9.17) is 0 Å². The molecular formula is C22H28FN5. The van der Waals surface area contributed by atoms with E-state index in [-0.39, 0.29) is 5.82 Å². The molecule has 3 heterocycles. The smallest absolute Gasteiger partial charge is 0.140 e.